The monoisotopic (exact) mass is 393 g/mol. The maximum Gasteiger partial charge on any atom is 0.0646 e. The first-order chi connectivity index (χ1) is 10.8. The predicted molar refractivity (Wildman–Crippen MR) is 104 cm³/mol. The lowest BCUT2D eigenvalue weighted by molar-refractivity contribution is 1.50. The van der Waals surface area contributed by atoms with Crippen LogP contribution in [0.5, 0.6) is 0 Å². The zero-order chi connectivity index (χ0) is 14.7. The van der Waals surface area contributed by atoms with E-state index < -0.39 is 0 Å². The van der Waals surface area contributed by atoms with E-state index in [0.29, 0.717) is 0 Å². The van der Waals surface area contributed by atoms with E-state index in [9.17, 15) is 0 Å². The third-order valence-corrected chi connectivity index (χ3v) is 5.52. The molecule has 0 fully saturated rings. The molecule has 22 heavy (non-hydrogen) atoms. The van der Waals surface area contributed by atoms with Crippen LogP contribution in [0.2, 0.25) is 0 Å². The summed E-state index contributed by atoms with van der Waals surface area (Å²) in [6.07, 6.45) is 0. The van der Waals surface area contributed by atoms with Gasteiger partial charge < -0.3 is 0 Å². The third-order valence-electron chi connectivity index (χ3n) is 4.48. The molecule has 0 aliphatic rings. The van der Waals surface area contributed by atoms with Gasteiger partial charge in [-0.1, -0.05) is 54.6 Å². The molecule has 0 spiro atoms. The second-order valence-electron chi connectivity index (χ2n) is 5.68. The van der Waals surface area contributed by atoms with Gasteiger partial charge in [0.25, 0.3) is 0 Å². The smallest absolute Gasteiger partial charge is 0.0646 e. The van der Waals surface area contributed by atoms with Crippen molar-refractivity contribution in [1.82, 2.24) is 2.78 Å². The standard InChI is InChI=1S/C20H12IN/c21-22-19-8-4-3-7-16(19)18-12-17-14(11-20(18)22)10-9-13-5-1-2-6-15(13)17/h1-12H. The highest BCUT2D eigenvalue weighted by Gasteiger charge is 2.10. The predicted octanol–water partition coefficient (Wildman–Crippen LogP) is 6.30. The Morgan fingerprint density at radius 2 is 1.27 bits per heavy atom. The lowest BCUT2D eigenvalue weighted by atomic mass is 10.00. The van der Waals surface area contributed by atoms with E-state index in [0.717, 1.165) is 0 Å². The summed E-state index contributed by atoms with van der Waals surface area (Å²) in [6.45, 7) is 0. The average Bonchev–Trinajstić information content (AvgIpc) is 2.86. The molecule has 0 aliphatic carbocycles. The molecule has 1 aromatic heterocycles. The third kappa shape index (κ3) is 1.59. The van der Waals surface area contributed by atoms with Gasteiger partial charge in [0, 0.05) is 10.8 Å². The Hall–Kier alpha value is -2.07. The molecular weight excluding hydrogens is 381 g/mol. The van der Waals surface area contributed by atoms with Crippen LogP contribution in [0.15, 0.2) is 72.8 Å². The second kappa shape index (κ2) is 4.46. The van der Waals surface area contributed by atoms with Crippen LogP contribution in [0, 0.1) is 0 Å². The van der Waals surface area contributed by atoms with Gasteiger partial charge in [0.1, 0.15) is 0 Å². The van der Waals surface area contributed by atoms with Gasteiger partial charge in [-0.3, -0.25) is 2.78 Å². The van der Waals surface area contributed by atoms with Crippen LogP contribution in [0.1, 0.15) is 0 Å². The van der Waals surface area contributed by atoms with E-state index in [-0.39, 0.29) is 0 Å². The quantitative estimate of drug-likeness (QED) is 0.215. The molecule has 0 N–H and O–H groups in total. The first kappa shape index (κ1) is 12.5. The zero-order valence-corrected chi connectivity index (χ0v) is 13.9. The Morgan fingerprint density at radius 1 is 0.545 bits per heavy atom. The van der Waals surface area contributed by atoms with E-state index in [1.165, 1.54) is 43.4 Å². The van der Waals surface area contributed by atoms with Crippen molar-refractivity contribution in [1.29, 1.82) is 0 Å². The lowest BCUT2D eigenvalue weighted by Gasteiger charge is -2.05. The topological polar surface area (TPSA) is 4.93 Å². The Bertz CT molecular complexity index is 1180. The van der Waals surface area contributed by atoms with Gasteiger partial charge in [-0.05, 0) is 39.7 Å². The molecule has 4 aromatic carbocycles. The van der Waals surface area contributed by atoms with Crippen molar-refractivity contribution in [2.75, 3.05) is 0 Å². The normalized spacial score (nSPS) is 11.9. The molecule has 1 heterocycles. The van der Waals surface area contributed by atoms with Crippen molar-refractivity contribution in [3.63, 3.8) is 0 Å². The summed E-state index contributed by atoms with van der Waals surface area (Å²) >= 11 is 2.40. The summed E-state index contributed by atoms with van der Waals surface area (Å²) < 4.78 is 2.26. The number of halogens is 1. The summed E-state index contributed by atoms with van der Waals surface area (Å²) in [4.78, 5) is 0. The number of fused-ring (bicyclic) bond motifs is 6. The minimum Gasteiger partial charge on any atom is -0.282 e. The first-order valence-electron chi connectivity index (χ1n) is 7.34. The van der Waals surface area contributed by atoms with Crippen molar-refractivity contribution in [2.45, 2.75) is 0 Å². The number of nitrogens with zero attached hydrogens (tertiary/aromatic N) is 1. The average molecular weight is 393 g/mol. The van der Waals surface area contributed by atoms with Gasteiger partial charge in [0.05, 0.1) is 33.9 Å². The fraction of sp³-hybridized carbons (Fsp3) is 0. The van der Waals surface area contributed by atoms with Crippen molar-refractivity contribution in [2.24, 2.45) is 0 Å². The maximum atomic E-state index is 2.40. The minimum atomic E-state index is 1.28. The highest BCUT2D eigenvalue weighted by atomic mass is 127. The highest BCUT2D eigenvalue weighted by molar-refractivity contribution is 14.1. The summed E-state index contributed by atoms with van der Waals surface area (Å²) in [5.74, 6) is 0. The molecule has 5 rings (SSSR count). The molecule has 5 aromatic rings. The van der Waals surface area contributed by atoms with Gasteiger partial charge in [-0.2, -0.15) is 0 Å². The minimum absolute atomic E-state index is 1.28. The number of rotatable bonds is 0. The van der Waals surface area contributed by atoms with Crippen LogP contribution in [0.3, 0.4) is 0 Å². The van der Waals surface area contributed by atoms with Gasteiger partial charge in [0.15, 0.2) is 0 Å². The Morgan fingerprint density at radius 3 is 2.18 bits per heavy atom. The molecular formula is C20H12IN. The molecule has 0 aliphatic heterocycles. The Kier molecular flexibility index (Phi) is 2.53. The Balaban J connectivity index is 2.08. The molecule has 0 saturated carbocycles. The van der Waals surface area contributed by atoms with Crippen LogP contribution in [-0.2, 0) is 0 Å². The molecule has 0 atom stereocenters. The number of para-hydroxylation sites is 1. The molecule has 104 valence electrons. The largest absolute Gasteiger partial charge is 0.282 e. The fourth-order valence-corrected chi connectivity index (χ4v) is 4.24. The number of hydrogen-bond acceptors (Lipinski definition) is 0. The van der Waals surface area contributed by atoms with Crippen molar-refractivity contribution in [3.05, 3.63) is 72.8 Å². The summed E-state index contributed by atoms with van der Waals surface area (Å²) in [7, 11) is 0. The van der Waals surface area contributed by atoms with Crippen LogP contribution >= 0.6 is 22.9 Å². The van der Waals surface area contributed by atoms with Crippen molar-refractivity contribution >= 4 is 66.2 Å². The van der Waals surface area contributed by atoms with Crippen molar-refractivity contribution in [3.8, 4) is 0 Å². The zero-order valence-electron chi connectivity index (χ0n) is 11.8. The highest BCUT2D eigenvalue weighted by Crippen LogP contribution is 2.35. The summed E-state index contributed by atoms with van der Waals surface area (Å²) in [5, 5.41) is 7.90. The molecule has 0 radical (unpaired) electrons. The maximum absolute atomic E-state index is 2.40. The van der Waals surface area contributed by atoms with E-state index in [1.54, 1.807) is 0 Å². The molecule has 1 nitrogen and oxygen atoms in total. The molecule has 0 unspecified atom stereocenters. The number of aromatic nitrogens is 1. The fourth-order valence-electron chi connectivity index (χ4n) is 3.42. The van der Waals surface area contributed by atoms with E-state index in [1.807, 2.05) is 0 Å². The van der Waals surface area contributed by atoms with Crippen molar-refractivity contribution < 1.29 is 0 Å². The SMILES string of the molecule is In1c2ccccc2c2cc3c(ccc4ccccc43)cc21. The molecule has 0 bridgehead atoms. The van der Waals surface area contributed by atoms with Gasteiger partial charge in [-0.25, -0.2) is 0 Å². The molecule has 0 saturated heterocycles. The first-order valence-corrected chi connectivity index (χ1v) is 8.30. The van der Waals surface area contributed by atoms with Crippen LogP contribution in [-0.4, -0.2) is 2.78 Å². The van der Waals surface area contributed by atoms with Gasteiger partial charge in [0.2, 0.25) is 0 Å². The summed E-state index contributed by atoms with van der Waals surface area (Å²) in [5.41, 5.74) is 2.56. The summed E-state index contributed by atoms with van der Waals surface area (Å²) in [6, 6.07) is 26.3. The Labute approximate surface area is 141 Å². The molecule has 0 amide bonds. The molecule has 2 heteroatoms. The van der Waals surface area contributed by atoms with Crippen LogP contribution < -0.4 is 0 Å². The van der Waals surface area contributed by atoms with Gasteiger partial charge in [-0.15, -0.1) is 0 Å². The van der Waals surface area contributed by atoms with E-state index in [4.69, 9.17) is 0 Å². The number of benzene rings is 4. The van der Waals surface area contributed by atoms with E-state index >= 15 is 0 Å². The number of hydrogen-bond donors (Lipinski definition) is 0. The van der Waals surface area contributed by atoms with Crippen LogP contribution in [0.4, 0.5) is 0 Å². The lowest BCUT2D eigenvalue weighted by Crippen LogP contribution is -1.80. The second-order valence-corrected chi connectivity index (χ2v) is 6.64. The van der Waals surface area contributed by atoms with Crippen LogP contribution in [0.25, 0.3) is 43.4 Å². The van der Waals surface area contributed by atoms with Gasteiger partial charge >= 0.3 is 0 Å². The van der Waals surface area contributed by atoms with E-state index in [2.05, 4.69) is 98.4 Å².